The Bertz CT molecular complexity index is 2050. The van der Waals surface area contributed by atoms with Crippen LogP contribution in [0.1, 0.15) is 108 Å². The fourth-order valence-corrected chi connectivity index (χ4v) is 11.2. The summed E-state index contributed by atoms with van der Waals surface area (Å²) in [7, 11) is 5.29. The molecule has 5 rings (SSSR count). The van der Waals surface area contributed by atoms with Crippen molar-refractivity contribution < 1.29 is 68.4 Å². The van der Waals surface area contributed by atoms with Gasteiger partial charge in [-0.05, 0) is 99.9 Å². The van der Waals surface area contributed by atoms with Crippen molar-refractivity contribution in [3.05, 3.63) is 46.3 Å². The first kappa shape index (κ1) is 60.4. The molecule has 73 heavy (non-hydrogen) atoms. The number of benzene rings is 1. The smallest absolute Gasteiger partial charge is 0.311 e. The third kappa shape index (κ3) is 15.2. The van der Waals surface area contributed by atoms with Crippen LogP contribution in [-0.2, 0) is 46.2 Å². The second-order valence-electron chi connectivity index (χ2n) is 22.4. The molecule has 3 aliphatic heterocycles. The SMILES string of the molecule is CC[C@H]1OC(=O)[C@H](C)[C@@H](OC[C@H]2C[C@@](C)(OC)[C@@H](O)[C@H](C)O2)[C@H](C)[C@@H](O[C@@H]2O[C@H](C)C[C@H](N(C)CCc3cn(C[C@@H](C)COc4ccc([N+](=O)[O-])cc4)nn3)[C@H]2O)[C@](C)(O)C[C@@H](C)CN(C)[C@H](C)[C@@H](O)[C@]1(C)O. The standard InChI is InChI=1S/C52H88N6O15/c1-15-42-52(11,64)45(60)35(7)56(13)25-30(2)23-50(9,63)47(33(5)44(34(6)48(62)72-42)69-29-40-24-51(10,67-14)46(61)36(8)71-40)73-49-43(59)41(22-32(4)70-49)55(12)21-20-37-27-57(54-53-37)26-31(3)28-68-39-18-16-38(17-19-39)58(65)66/h16-19,27,30-36,40-47,49,59-61,63-64H,15,20-26,28-29H2,1-14H3/t30-,31-,32-,33+,34-,35-,36+,40-,41+,42-,43-,44+,45-,46+,47-,49+,50-,51-,52-/m1/s1. The molecule has 0 radical (unpaired) electrons. The maximum absolute atomic E-state index is 14.5. The summed E-state index contributed by atoms with van der Waals surface area (Å²) >= 11 is 0. The number of aliphatic hydroxyl groups excluding tert-OH is 3. The molecular formula is C52H88N6O15. The lowest BCUT2D eigenvalue weighted by atomic mass is 9.77. The number of carbonyl (C=O) groups is 1. The van der Waals surface area contributed by atoms with Gasteiger partial charge in [0.15, 0.2) is 6.29 Å². The van der Waals surface area contributed by atoms with Crippen molar-refractivity contribution in [2.24, 2.45) is 23.7 Å². The molecule has 416 valence electrons. The number of ether oxygens (including phenoxy) is 7. The van der Waals surface area contributed by atoms with Gasteiger partial charge in [-0.1, -0.05) is 32.9 Å². The summed E-state index contributed by atoms with van der Waals surface area (Å²) in [6.07, 6.45) is -5.77. The maximum atomic E-state index is 14.5. The number of cyclic esters (lactones) is 1. The van der Waals surface area contributed by atoms with E-state index >= 15 is 0 Å². The van der Waals surface area contributed by atoms with Gasteiger partial charge in [0.05, 0.1) is 71.5 Å². The number of hydrogen-bond acceptors (Lipinski definition) is 19. The van der Waals surface area contributed by atoms with Gasteiger partial charge < -0.3 is 68.5 Å². The summed E-state index contributed by atoms with van der Waals surface area (Å²) in [5, 5.41) is 79.3. The van der Waals surface area contributed by atoms with E-state index in [2.05, 4.69) is 10.3 Å². The minimum Gasteiger partial charge on any atom is -0.493 e. The number of carbonyl (C=O) groups excluding carboxylic acids is 1. The minimum absolute atomic E-state index is 0.00631. The Labute approximate surface area is 431 Å². The molecule has 3 saturated heterocycles. The molecule has 3 aliphatic rings. The zero-order chi connectivity index (χ0) is 54.3. The zero-order valence-electron chi connectivity index (χ0n) is 45.7. The topological polar surface area (TPSA) is 263 Å². The van der Waals surface area contributed by atoms with E-state index in [1.54, 1.807) is 51.4 Å². The molecule has 2 aromatic rings. The van der Waals surface area contributed by atoms with Crippen molar-refractivity contribution >= 4 is 11.7 Å². The van der Waals surface area contributed by atoms with E-state index in [0.29, 0.717) is 44.8 Å². The number of methoxy groups -OCH3 is 1. The van der Waals surface area contributed by atoms with E-state index in [1.807, 2.05) is 64.7 Å². The number of esters is 1. The number of rotatable bonds is 17. The van der Waals surface area contributed by atoms with E-state index in [0.717, 1.165) is 5.69 Å². The Kier molecular flexibility index (Phi) is 21.2. The summed E-state index contributed by atoms with van der Waals surface area (Å²) in [5.41, 5.74) is -3.65. The molecule has 1 aromatic carbocycles. The number of nitro groups is 1. The number of non-ortho nitro benzene ring substituents is 1. The van der Waals surface area contributed by atoms with Crippen molar-refractivity contribution in [1.82, 2.24) is 24.8 Å². The number of nitro benzene ring substituents is 1. The van der Waals surface area contributed by atoms with Gasteiger partial charge in [-0.15, -0.1) is 5.10 Å². The van der Waals surface area contributed by atoms with Crippen molar-refractivity contribution in [3.63, 3.8) is 0 Å². The van der Waals surface area contributed by atoms with Crippen molar-refractivity contribution in [1.29, 1.82) is 0 Å². The van der Waals surface area contributed by atoms with Crippen molar-refractivity contribution in [2.45, 2.75) is 205 Å². The summed E-state index contributed by atoms with van der Waals surface area (Å²) in [4.78, 5) is 29.0. The van der Waals surface area contributed by atoms with Gasteiger partial charge in [0, 0.05) is 81.8 Å². The van der Waals surface area contributed by atoms with Gasteiger partial charge in [-0.2, -0.15) is 0 Å². The summed E-state index contributed by atoms with van der Waals surface area (Å²) < 4.78 is 45.8. The van der Waals surface area contributed by atoms with E-state index in [-0.39, 0.29) is 49.5 Å². The van der Waals surface area contributed by atoms with Crippen LogP contribution in [0.2, 0.25) is 0 Å². The highest BCUT2D eigenvalue weighted by Crippen LogP contribution is 2.39. The first-order chi connectivity index (χ1) is 34.1. The predicted molar refractivity (Wildman–Crippen MR) is 269 cm³/mol. The first-order valence-electron chi connectivity index (χ1n) is 26.1. The first-order valence-corrected chi connectivity index (χ1v) is 26.1. The van der Waals surface area contributed by atoms with E-state index in [9.17, 15) is 40.4 Å². The molecule has 0 bridgehead atoms. The Morgan fingerprint density at radius 3 is 2.32 bits per heavy atom. The molecule has 0 unspecified atom stereocenters. The normalized spacial score (nSPS) is 39.1. The van der Waals surface area contributed by atoms with Gasteiger partial charge in [-0.3, -0.25) is 19.6 Å². The van der Waals surface area contributed by atoms with Crippen LogP contribution in [0, 0.1) is 33.8 Å². The molecule has 0 amide bonds. The average Bonchev–Trinajstić information content (AvgIpc) is 3.78. The number of likely N-dealkylation sites (N-methyl/N-ethyl adjacent to an activating group) is 2. The number of nitrogens with zero attached hydrogens (tertiary/aromatic N) is 6. The largest absolute Gasteiger partial charge is 0.493 e. The zero-order valence-corrected chi connectivity index (χ0v) is 45.7. The van der Waals surface area contributed by atoms with Crippen LogP contribution in [0.15, 0.2) is 30.5 Å². The van der Waals surface area contributed by atoms with Gasteiger partial charge in [0.25, 0.3) is 5.69 Å². The molecule has 21 heteroatoms. The maximum Gasteiger partial charge on any atom is 0.311 e. The quantitative estimate of drug-likeness (QED) is 0.0858. The van der Waals surface area contributed by atoms with Crippen LogP contribution in [0.5, 0.6) is 5.75 Å². The monoisotopic (exact) mass is 1040 g/mol. The van der Waals surface area contributed by atoms with Gasteiger partial charge in [0.1, 0.15) is 35.8 Å². The number of hydrogen-bond donors (Lipinski definition) is 5. The third-order valence-corrected chi connectivity index (χ3v) is 15.8. The highest BCUT2D eigenvalue weighted by molar-refractivity contribution is 5.73. The van der Waals surface area contributed by atoms with Crippen LogP contribution >= 0.6 is 0 Å². The highest BCUT2D eigenvalue weighted by atomic mass is 16.7. The molecule has 0 saturated carbocycles. The Morgan fingerprint density at radius 2 is 1.68 bits per heavy atom. The van der Waals surface area contributed by atoms with Crippen LogP contribution in [0.4, 0.5) is 5.69 Å². The second-order valence-corrected chi connectivity index (χ2v) is 22.4. The van der Waals surface area contributed by atoms with Crippen LogP contribution in [0.3, 0.4) is 0 Å². The van der Waals surface area contributed by atoms with Gasteiger partial charge >= 0.3 is 5.97 Å². The van der Waals surface area contributed by atoms with E-state index in [4.69, 9.17) is 33.2 Å². The molecule has 21 nitrogen and oxygen atoms in total. The Morgan fingerprint density at radius 1 is 1.01 bits per heavy atom. The average molecular weight is 1040 g/mol. The summed E-state index contributed by atoms with van der Waals surface area (Å²) in [5.74, 6) is -2.09. The number of aliphatic hydroxyl groups is 5. The third-order valence-electron chi connectivity index (χ3n) is 15.8. The molecule has 4 heterocycles. The Hall–Kier alpha value is -3.45. The molecule has 0 spiro atoms. The fourth-order valence-electron chi connectivity index (χ4n) is 11.2. The molecule has 1 aromatic heterocycles. The van der Waals surface area contributed by atoms with Crippen LogP contribution < -0.4 is 4.74 Å². The van der Waals surface area contributed by atoms with E-state index < -0.39 is 107 Å². The molecular weight excluding hydrogens is 949 g/mol. The van der Waals surface area contributed by atoms with Gasteiger partial charge in [-0.25, -0.2) is 0 Å². The summed E-state index contributed by atoms with van der Waals surface area (Å²) in [6.45, 7) is 21.5. The predicted octanol–water partition coefficient (Wildman–Crippen LogP) is 3.77. The highest BCUT2D eigenvalue weighted by Gasteiger charge is 2.52. The fraction of sp³-hybridized carbons (Fsp3) is 0.827. The number of aromatic nitrogens is 3. The summed E-state index contributed by atoms with van der Waals surface area (Å²) in [6, 6.07) is 4.95. The molecule has 5 N–H and O–H groups in total. The lowest BCUT2D eigenvalue weighted by Gasteiger charge is -2.48. The second kappa shape index (κ2) is 25.6. The Balaban J connectivity index is 1.37. The lowest BCUT2D eigenvalue weighted by Crippen LogP contribution is -2.60. The van der Waals surface area contributed by atoms with Crippen molar-refractivity contribution in [3.8, 4) is 5.75 Å². The van der Waals surface area contributed by atoms with E-state index in [1.165, 1.54) is 26.2 Å². The minimum atomic E-state index is -1.83. The lowest BCUT2D eigenvalue weighted by molar-refractivity contribution is -0.384. The molecule has 3 fully saturated rings. The molecule has 0 aliphatic carbocycles. The van der Waals surface area contributed by atoms with Crippen LogP contribution in [0.25, 0.3) is 0 Å². The van der Waals surface area contributed by atoms with Crippen LogP contribution in [-0.4, -0.2) is 199 Å². The molecule has 19 atom stereocenters. The van der Waals surface area contributed by atoms with Gasteiger partial charge in [0.2, 0.25) is 0 Å². The van der Waals surface area contributed by atoms with Crippen molar-refractivity contribution in [2.75, 3.05) is 47.5 Å².